The van der Waals surface area contributed by atoms with Gasteiger partial charge in [0.1, 0.15) is 17.2 Å². The molecule has 0 saturated heterocycles. The van der Waals surface area contributed by atoms with Gasteiger partial charge in [0, 0.05) is 29.4 Å². The Hall–Kier alpha value is -4.00. The summed E-state index contributed by atoms with van der Waals surface area (Å²) in [6.07, 6.45) is 0.845. The van der Waals surface area contributed by atoms with Gasteiger partial charge in [-0.2, -0.15) is 0 Å². The number of anilines is 2. The molecule has 7 heteroatoms. The first kappa shape index (κ1) is 22.7. The number of carbonyl (C=O) groups excluding carboxylic acids is 2. The van der Waals surface area contributed by atoms with Crippen LogP contribution in [0, 0.1) is 0 Å². The van der Waals surface area contributed by atoms with Crippen molar-refractivity contribution >= 4 is 23.2 Å². The van der Waals surface area contributed by atoms with Gasteiger partial charge in [0.25, 0.3) is 5.91 Å². The molecule has 0 radical (unpaired) electrons. The molecule has 0 unspecified atom stereocenters. The topological polar surface area (TPSA) is 85.9 Å². The van der Waals surface area contributed by atoms with E-state index in [-0.39, 0.29) is 11.8 Å². The maximum atomic E-state index is 12.4. The van der Waals surface area contributed by atoms with Crippen molar-refractivity contribution in [2.45, 2.75) is 12.8 Å². The Morgan fingerprint density at radius 1 is 0.688 bits per heavy atom. The lowest BCUT2D eigenvalue weighted by Crippen LogP contribution is -2.14. The molecule has 3 aromatic carbocycles. The van der Waals surface area contributed by atoms with Gasteiger partial charge in [-0.05, 0) is 72.6 Å². The van der Waals surface area contributed by atoms with Crippen molar-refractivity contribution in [3.8, 4) is 17.2 Å². The third-order valence-electron chi connectivity index (χ3n) is 4.83. The Bertz CT molecular complexity index is 1040. The maximum absolute atomic E-state index is 12.4. The summed E-state index contributed by atoms with van der Waals surface area (Å²) >= 11 is 0. The van der Waals surface area contributed by atoms with Crippen LogP contribution in [0.1, 0.15) is 22.3 Å². The molecule has 7 nitrogen and oxygen atoms in total. The van der Waals surface area contributed by atoms with Crippen molar-refractivity contribution in [2.24, 2.45) is 0 Å². The van der Waals surface area contributed by atoms with Crippen molar-refractivity contribution in [1.82, 2.24) is 0 Å². The Morgan fingerprint density at radius 3 is 1.78 bits per heavy atom. The van der Waals surface area contributed by atoms with E-state index in [0.717, 1.165) is 5.56 Å². The molecule has 0 aromatic heterocycles. The van der Waals surface area contributed by atoms with Gasteiger partial charge in [-0.1, -0.05) is 0 Å². The molecule has 32 heavy (non-hydrogen) atoms. The number of aryl methyl sites for hydroxylation is 1. The molecule has 0 bridgehead atoms. The zero-order chi connectivity index (χ0) is 22.9. The SMILES string of the molecule is COc1ccc(NC(=O)c2ccc(NC(=O)CCc3cc(OC)cc(OC)c3)cc2)cc1. The number of benzene rings is 3. The van der Waals surface area contributed by atoms with Gasteiger partial charge in [0.15, 0.2) is 0 Å². The Labute approximate surface area is 187 Å². The van der Waals surface area contributed by atoms with Crippen LogP contribution in [0.4, 0.5) is 11.4 Å². The summed E-state index contributed by atoms with van der Waals surface area (Å²) in [6, 6.07) is 19.4. The van der Waals surface area contributed by atoms with E-state index in [1.54, 1.807) is 75.9 Å². The van der Waals surface area contributed by atoms with E-state index in [1.807, 2.05) is 12.1 Å². The van der Waals surface area contributed by atoms with Crippen molar-refractivity contribution < 1.29 is 23.8 Å². The normalized spacial score (nSPS) is 10.2. The van der Waals surface area contributed by atoms with E-state index in [2.05, 4.69) is 10.6 Å². The summed E-state index contributed by atoms with van der Waals surface area (Å²) in [5.74, 6) is 1.72. The van der Waals surface area contributed by atoms with Crippen LogP contribution in [-0.2, 0) is 11.2 Å². The zero-order valence-electron chi connectivity index (χ0n) is 18.3. The molecular formula is C25H26N2O5. The minimum Gasteiger partial charge on any atom is -0.497 e. The highest BCUT2D eigenvalue weighted by molar-refractivity contribution is 6.04. The van der Waals surface area contributed by atoms with Gasteiger partial charge in [0.05, 0.1) is 21.3 Å². The number of ether oxygens (including phenoxy) is 3. The van der Waals surface area contributed by atoms with Crippen LogP contribution < -0.4 is 24.8 Å². The van der Waals surface area contributed by atoms with Crippen LogP contribution in [0.25, 0.3) is 0 Å². The van der Waals surface area contributed by atoms with E-state index in [9.17, 15) is 9.59 Å². The van der Waals surface area contributed by atoms with E-state index in [1.165, 1.54) is 0 Å². The minimum atomic E-state index is -0.236. The zero-order valence-corrected chi connectivity index (χ0v) is 18.3. The maximum Gasteiger partial charge on any atom is 0.255 e. The van der Waals surface area contributed by atoms with Crippen molar-refractivity contribution in [1.29, 1.82) is 0 Å². The molecule has 0 saturated carbocycles. The van der Waals surface area contributed by atoms with E-state index < -0.39 is 0 Å². The number of carbonyl (C=O) groups is 2. The molecule has 166 valence electrons. The second kappa shape index (κ2) is 10.9. The monoisotopic (exact) mass is 434 g/mol. The highest BCUT2D eigenvalue weighted by Crippen LogP contribution is 2.23. The number of amides is 2. The minimum absolute atomic E-state index is 0.123. The molecule has 0 fully saturated rings. The fourth-order valence-corrected chi connectivity index (χ4v) is 3.07. The summed E-state index contributed by atoms with van der Waals surface area (Å²) in [4.78, 5) is 24.8. The average molecular weight is 434 g/mol. The molecule has 0 aliphatic carbocycles. The van der Waals surface area contributed by atoms with Crippen LogP contribution in [0.15, 0.2) is 66.7 Å². The van der Waals surface area contributed by atoms with Gasteiger partial charge in [-0.3, -0.25) is 9.59 Å². The number of hydrogen-bond acceptors (Lipinski definition) is 5. The molecular weight excluding hydrogens is 408 g/mol. The summed E-state index contributed by atoms with van der Waals surface area (Å²) < 4.78 is 15.6. The highest BCUT2D eigenvalue weighted by atomic mass is 16.5. The molecule has 2 N–H and O–H groups in total. The third kappa shape index (κ3) is 6.25. The van der Waals surface area contributed by atoms with Crippen LogP contribution in [0.2, 0.25) is 0 Å². The highest BCUT2D eigenvalue weighted by Gasteiger charge is 2.09. The third-order valence-corrected chi connectivity index (χ3v) is 4.83. The van der Waals surface area contributed by atoms with Crippen molar-refractivity contribution in [3.63, 3.8) is 0 Å². The Kier molecular flexibility index (Phi) is 7.70. The first-order chi connectivity index (χ1) is 15.5. The molecule has 0 spiro atoms. The first-order valence-corrected chi connectivity index (χ1v) is 10.1. The van der Waals surface area contributed by atoms with Gasteiger partial charge < -0.3 is 24.8 Å². The summed E-state index contributed by atoms with van der Waals surface area (Å²) in [5, 5.41) is 5.68. The predicted octanol–water partition coefficient (Wildman–Crippen LogP) is 4.54. The van der Waals surface area contributed by atoms with E-state index in [0.29, 0.717) is 47.0 Å². The van der Waals surface area contributed by atoms with Crippen LogP contribution >= 0.6 is 0 Å². The lowest BCUT2D eigenvalue weighted by Gasteiger charge is -2.10. The summed E-state index contributed by atoms with van der Waals surface area (Å²) in [6.45, 7) is 0. The Balaban J connectivity index is 1.53. The standard InChI is InChI=1S/C25H26N2O5/c1-30-21-11-9-20(10-12-21)27-25(29)18-5-7-19(8-6-18)26-24(28)13-4-17-14-22(31-2)16-23(15-17)32-3/h5-12,14-16H,4,13H2,1-3H3,(H,26,28)(H,27,29). The number of methoxy groups -OCH3 is 3. The molecule has 0 aliphatic rings. The molecule has 0 heterocycles. The van der Waals surface area contributed by atoms with Crippen molar-refractivity contribution in [2.75, 3.05) is 32.0 Å². The number of nitrogens with one attached hydrogen (secondary N) is 2. The van der Waals surface area contributed by atoms with Gasteiger partial charge in [-0.15, -0.1) is 0 Å². The van der Waals surface area contributed by atoms with E-state index in [4.69, 9.17) is 14.2 Å². The Morgan fingerprint density at radius 2 is 1.22 bits per heavy atom. The second-order valence-electron chi connectivity index (χ2n) is 7.03. The quantitative estimate of drug-likeness (QED) is 0.517. The molecule has 3 aromatic rings. The first-order valence-electron chi connectivity index (χ1n) is 10.1. The largest absolute Gasteiger partial charge is 0.497 e. The lowest BCUT2D eigenvalue weighted by molar-refractivity contribution is -0.116. The van der Waals surface area contributed by atoms with Crippen molar-refractivity contribution in [3.05, 3.63) is 77.9 Å². The van der Waals surface area contributed by atoms with Crippen LogP contribution in [-0.4, -0.2) is 33.1 Å². The lowest BCUT2D eigenvalue weighted by atomic mass is 10.1. The fourth-order valence-electron chi connectivity index (χ4n) is 3.07. The fraction of sp³-hybridized carbons (Fsp3) is 0.200. The molecule has 2 amide bonds. The second-order valence-corrected chi connectivity index (χ2v) is 7.03. The smallest absolute Gasteiger partial charge is 0.255 e. The molecule has 3 rings (SSSR count). The average Bonchev–Trinajstić information content (AvgIpc) is 2.83. The molecule has 0 aliphatic heterocycles. The summed E-state index contributed by atoms with van der Waals surface area (Å²) in [5.41, 5.74) is 2.73. The van der Waals surface area contributed by atoms with Crippen LogP contribution in [0.5, 0.6) is 17.2 Å². The summed E-state index contributed by atoms with van der Waals surface area (Å²) in [7, 11) is 4.77. The van der Waals surface area contributed by atoms with Gasteiger partial charge >= 0.3 is 0 Å². The van der Waals surface area contributed by atoms with Gasteiger partial charge in [0.2, 0.25) is 5.91 Å². The van der Waals surface area contributed by atoms with Gasteiger partial charge in [-0.25, -0.2) is 0 Å². The predicted molar refractivity (Wildman–Crippen MR) is 124 cm³/mol. The number of rotatable bonds is 9. The van der Waals surface area contributed by atoms with Crippen LogP contribution in [0.3, 0.4) is 0 Å². The number of hydrogen-bond donors (Lipinski definition) is 2. The van der Waals surface area contributed by atoms with E-state index >= 15 is 0 Å². The molecule has 0 atom stereocenters.